The molecule has 0 radical (unpaired) electrons. The van der Waals surface area contributed by atoms with E-state index in [1.807, 2.05) is 13.0 Å². The van der Waals surface area contributed by atoms with E-state index >= 15 is 0 Å². The summed E-state index contributed by atoms with van der Waals surface area (Å²) in [5, 5.41) is 11.3. The maximum Gasteiger partial charge on any atom is 0.296 e. The number of aromatic nitrogens is 1. The second-order valence-corrected chi connectivity index (χ2v) is 8.92. The standard InChI is InChI=1S/C26H22N2O6S/c1-4-33-17-7-5-6-15(12-17)22-21(23(29)19-11-8-14(2)34-19)24(30)25(31)28(22)26-27-18-10-9-16(32-3)13-20(18)35-26/h5-13,22,30H,4H2,1-3H3. The second kappa shape index (κ2) is 8.92. The number of aryl methyl sites for hydroxylation is 1. The molecule has 2 aromatic heterocycles. The highest BCUT2D eigenvalue weighted by molar-refractivity contribution is 7.22. The molecule has 1 N–H and O–H groups in total. The van der Waals surface area contributed by atoms with Gasteiger partial charge in [-0.3, -0.25) is 14.5 Å². The molecule has 4 aromatic rings. The summed E-state index contributed by atoms with van der Waals surface area (Å²) < 4.78 is 17.3. The van der Waals surface area contributed by atoms with Crippen LogP contribution in [-0.4, -0.2) is 35.5 Å². The van der Waals surface area contributed by atoms with Gasteiger partial charge >= 0.3 is 0 Å². The summed E-state index contributed by atoms with van der Waals surface area (Å²) in [6, 6.07) is 14.8. The third-order valence-electron chi connectivity index (χ3n) is 5.69. The largest absolute Gasteiger partial charge is 0.503 e. The fourth-order valence-corrected chi connectivity index (χ4v) is 5.12. The molecular formula is C26H22N2O6S. The summed E-state index contributed by atoms with van der Waals surface area (Å²) in [5.41, 5.74) is 1.19. The van der Waals surface area contributed by atoms with Gasteiger partial charge in [-0.05, 0) is 61.9 Å². The minimum Gasteiger partial charge on any atom is -0.503 e. The number of aliphatic hydroxyl groups is 1. The number of methoxy groups -OCH3 is 1. The molecule has 0 spiro atoms. The van der Waals surface area contributed by atoms with Crippen molar-refractivity contribution >= 4 is 38.4 Å². The number of benzene rings is 2. The lowest BCUT2D eigenvalue weighted by Crippen LogP contribution is -2.31. The van der Waals surface area contributed by atoms with Crippen LogP contribution in [0.15, 0.2) is 70.3 Å². The van der Waals surface area contributed by atoms with Crippen molar-refractivity contribution in [1.82, 2.24) is 4.98 Å². The van der Waals surface area contributed by atoms with Crippen LogP contribution >= 0.6 is 11.3 Å². The fraction of sp³-hybridized carbons (Fsp3) is 0.192. The Balaban J connectivity index is 1.67. The Morgan fingerprint density at radius 2 is 2.00 bits per heavy atom. The minimum absolute atomic E-state index is 0.0405. The zero-order valence-corrected chi connectivity index (χ0v) is 20.1. The first kappa shape index (κ1) is 22.7. The first-order valence-electron chi connectivity index (χ1n) is 11.0. The number of ether oxygens (including phenoxy) is 2. The van der Waals surface area contributed by atoms with E-state index in [1.54, 1.807) is 56.5 Å². The first-order chi connectivity index (χ1) is 16.9. The average Bonchev–Trinajstić information content (AvgIpc) is 3.54. The SMILES string of the molecule is CCOc1cccc(C2C(C(=O)c3ccc(C)o3)=C(O)C(=O)N2c2nc3ccc(OC)cc3s2)c1. The number of furan rings is 1. The van der Waals surface area contributed by atoms with Gasteiger partial charge in [0, 0.05) is 0 Å². The Hall–Kier alpha value is -4.11. The van der Waals surface area contributed by atoms with E-state index in [-0.39, 0.29) is 11.3 Å². The van der Waals surface area contributed by atoms with Gasteiger partial charge in [-0.1, -0.05) is 23.5 Å². The van der Waals surface area contributed by atoms with E-state index < -0.39 is 23.5 Å². The van der Waals surface area contributed by atoms with E-state index in [4.69, 9.17) is 13.9 Å². The molecular weight excluding hydrogens is 468 g/mol. The number of aliphatic hydroxyl groups excluding tert-OH is 1. The van der Waals surface area contributed by atoms with Crippen LogP contribution in [0.25, 0.3) is 10.2 Å². The Kier molecular flexibility index (Phi) is 5.78. The number of carbonyl (C=O) groups excluding carboxylic acids is 2. The highest BCUT2D eigenvalue weighted by Gasteiger charge is 2.46. The maximum atomic E-state index is 13.5. The van der Waals surface area contributed by atoms with Gasteiger partial charge < -0.3 is 19.0 Å². The predicted octanol–water partition coefficient (Wildman–Crippen LogP) is 5.39. The number of nitrogens with zero attached hydrogens (tertiary/aromatic N) is 2. The molecule has 35 heavy (non-hydrogen) atoms. The van der Waals surface area contributed by atoms with E-state index in [1.165, 1.54) is 22.3 Å². The van der Waals surface area contributed by atoms with Crippen LogP contribution in [0.1, 0.15) is 34.8 Å². The van der Waals surface area contributed by atoms with Crippen LogP contribution in [0.4, 0.5) is 5.13 Å². The Labute approximate surface area is 205 Å². The molecule has 1 amide bonds. The molecule has 0 bridgehead atoms. The summed E-state index contributed by atoms with van der Waals surface area (Å²) in [5.74, 6) is -0.0866. The fourth-order valence-electron chi connectivity index (χ4n) is 4.10. The monoisotopic (exact) mass is 490 g/mol. The van der Waals surface area contributed by atoms with E-state index in [9.17, 15) is 14.7 Å². The van der Waals surface area contributed by atoms with Crippen LogP contribution in [0.5, 0.6) is 11.5 Å². The lowest BCUT2D eigenvalue weighted by molar-refractivity contribution is -0.117. The summed E-state index contributed by atoms with van der Waals surface area (Å²) in [4.78, 5) is 32.9. The molecule has 178 valence electrons. The van der Waals surface area contributed by atoms with E-state index in [0.717, 1.165) is 4.70 Å². The number of thiazole rings is 1. The molecule has 0 aliphatic carbocycles. The summed E-state index contributed by atoms with van der Waals surface area (Å²) >= 11 is 1.27. The van der Waals surface area contributed by atoms with E-state index in [2.05, 4.69) is 4.98 Å². The molecule has 1 aliphatic rings. The summed E-state index contributed by atoms with van der Waals surface area (Å²) in [6.07, 6.45) is 0. The van der Waals surface area contributed by atoms with Crippen molar-refractivity contribution in [3.05, 3.63) is 83.0 Å². The number of carbonyl (C=O) groups is 2. The quantitative estimate of drug-likeness (QED) is 0.347. The third-order valence-corrected chi connectivity index (χ3v) is 6.71. The highest BCUT2D eigenvalue weighted by Crippen LogP contribution is 2.45. The number of fused-ring (bicyclic) bond motifs is 1. The van der Waals surface area contributed by atoms with Crippen LogP contribution in [0.3, 0.4) is 0 Å². The van der Waals surface area contributed by atoms with Gasteiger partial charge in [0.05, 0.1) is 35.5 Å². The predicted molar refractivity (Wildman–Crippen MR) is 131 cm³/mol. The van der Waals surface area contributed by atoms with Crippen molar-refractivity contribution in [3.8, 4) is 11.5 Å². The molecule has 3 heterocycles. The number of ketones is 1. The van der Waals surface area contributed by atoms with Gasteiger partial charge in [0.15, 0.2) is 16.7 Å². The number of Topliss-reactive ketones (excluding diaryl/α,β-unsaturated/α-hetero) is 1. The molecule has 1 unspecified atom stereocenters. The molecule has 0 fully saturated rings. The molecule has 2 aromatic carbocycles. The number of hydrogen-bond donors (Lipinski definition) is 1. The lowest BCUT2D eigenvalue weighted by Gasteiger charge is -2.24. The minimum atomic E-state index is -0.928. The third kappa shape index (κ3) is 3.93. The highest BCUT2D eigenvalue weighted by atomic mass is 32.1. The Bertz CT molecular complexity index is 1480. The molecule has 1 atom stereocenters. The smallest absolute Gasteiger partial charge is 0.296 e. The van der Waals surface area contributed by atoms with E-state index in [0.29, 0.717) is 40.1 Å². The van der Waals surface area contributed by atoms with Crippen molar-refractivity contribution in [2.45, 2.75) is 19.9 Å². The number of amides is 1. The number of hydrogen-bond acceptors (Lipinski definition) is 8. The molecule has 9 heteroatoms. The summed E-state index contributed by atoms with van der Waals surface area (Å²) in [6.45, 7) is 4.04. The average molecular weight is 491 g/mol. The molecule has 8 nitrogen and oxygen atoms in total. The summed E-state index contributed by atoms with van der Waals surface area (Å²) in [7, 11) is 1.57. The van der Waals surface area contributed by atoms with Crippen LogP contribution in [0, 0.1) is 6.92 Å². The van der Waals surface area contributed by atoms with Gasteiger partial charge in [0.2, 0.25) is 5.78 Å². The van der Waals surface area contributed by atoms with Gasteiger partial charge in [-0.2, -0.15) is 0 Å². The van der Waals surface area contributed by atoms with Crippen LogP contribution < -0.4 is 14.4 Å². The Morgan fingerprint density at radius 3 is 2.71 bits per heavy atom. The molecule has 5 rings (SSSR count). The topological polar surface area (TPSA) is 102 Å². The van der Waals surface area contributed by atoms with Gasteiger partial charge in [0.1, 0.15) is 17.3 Å². The normalized spacial score (nSPS) is 15.8. The number of rotatable bonds is 7. The lowest BCUT2D eigenvalue weighted by atomic mass is 9.95. The molecule has 1 aliphatic heterocycles. The maximum absolute atomic E-state index is 13.5. The van der Waals surface area contributed by atoms with Crippen LogP contribution in [0.2, 0.25) is 0 Å². The van der Waals surface area contributed by atoms with Crippen molar-refractivity contribution in [3.63, 3.8) is 0 Å². The van der Waals surface area contributed by atoms with Crippen molar-refractivity contribution < 1.29 is 28.6 Å². The van der Waals surface area contributed by atoms with Gasteiger partial charge in [-0.25, -0.2) is 4.98 Å². The Morgan fingerprint density at radius 1 is 1.17 bits per heavy atom. The van der Waals surface area contributed by atoms with Crippen molar-refractivity contribution in [2.75, 3.05) is 18.6 Å². The van der Waals surface area contributed by atoms with Gasteiger partial charge in [-0.15, -0.1) is 0 Å². The van der Waals surface area contributed by atoms with Crippen molar-refractivity contribution in [1.29, 1.82) is 0 Å². The van der Waals surface area contributed by atoms with Crippen LogP contribution in [-0.2, 0) is 4.79 Å². The molecule has 0 saturated heterocycles. The van der Waals surface area contributed by atoms with Gasteiger partial charge in [0.25, 0.3) is 5.91 Å². The van der Waals surface area contributed by atoms with Crippen molar-refractivity contribution in [2.24, 2.45) is 0 Å². The second-order valence-electron chi connectivity index (χ2n) is 7.91. The molecule has 0 saturated carbocycles. The zero-order chi connectivity index (χ0) is 24.7. The number of anilines is 1. The first-order valence-corrected chi connectivity index (χ1v) is 11.8. The zero-order valence-electron chi connectivity index (χ0n) is 19.3.